The number of halogens is 3. The second kappa shape index (κ2) is 12.4. The van der Waals surface area contributed by atoms with E-state index in [0.717, 1.165) is 25.1 Å². The molecule has 1 aliphatic rings. The monoisotopic (exact) mass is 386 g/mol. The van der Waals surface area contributed by atoms with Gasteiger partial charge in [0.15, 0.2) is 0 Å². The zero-order valence-electron chi connectivity index (χ0n) is 14.8. The van der Waals surface area contributed by atoms with E-state index in [4.69, 9.17) is 15.6 Å². The molecule has 25 heavy (non-hydrogen) atoms. The van der Waals surface area contributed by atoms with Gasteiger partial charge in [-0.15, -0.1) is 0 Å². The summed E-state index contributed by atoms with van der Waals surface area (Å²) in [6, 6.07) is 0.369. The summed E-state index contributed by atoms with van der Waals surface area (Å²) in [6.07, 6.45) is 1.51. The molecule has 0 spiro atoms. The molecule has 0 radical (unpaired) electrons. The third-order valence-corrected chi connectivity index (χ3v) is 4.89. The van der Waals surface area contributed by atoms with Crippen molar-refractivity contribution in [2.75, 3.05) is 18.1 Å². The fraction of sp³-hybridized carbons (Fsp3) is 0.875. The Kier molecular flexibility index (Phi) is 11.9. The van der Waals surface area contributed by atoms with Gasteiger partial charge in [-0.05, 0) is 38.4 Å². The van der Waals surface area contributed by atoms with Gasteiger partial charge in [0.1, 0.15) is 0 Å². The van der Waals surface area contributed by atoms with Crippen molar-refractivity contribution in [2.24, 2.45) is 5.73 Å². The summed E-state index contributed by atoms with van der Waals surface area (Å²) in [5.74, 6) is -0.310. The number of carbonyl (C=O) groups excluding carboxylic acids is 1. The number of nitrogens with zero attached hydrogens (tertiary/aromatic N) is 1. The number of carbonyl (C=O) groups is 2. The number of thioether (sulfide) groups is 1. The van der Waals surface area contributed by atoms with Gasteiger partial charge in [0.2, 0.25) is 5.91 Å². The number of hydrogen-bond donors (Lipinski definition) is 2. The number of hydrogen-bond acceptors (Lipinski definition) is 4. The van der Waals surface area contributed by atoms with Gasteiger partial charge in [-0.25, -0.2) is 4.79 Å². The number of aliphatic carboxylic acids is 1. The Morgan fingerprint density at radius 2 is 1.92 bits per heavy atom. The summed E-state index contributed by atoms with van der Waals surface area (Å²) in [6.45, 7) is 5.13. The van der Waals surface area contributed by atoms with E-state index in [1.807, 2.05) is 23.6 Å². The molecule has 2 atom stereocenters. The molecule has 1 heterocycles. The number of piperidine rings is 1. The minimum Gasteiger partial charge on any atom is -0.475 e. The van der Waals surface area contributed by atoms with Crippen LogP contribution >= 0.6 is 11.8 Å². The van der Waals surface area contributed by atoms with E-state index < -0.39 is 12.1 Å². The Balaban J connectivity index is 0.000000697. The highest BCUT2D eigenvalue weighted by molar-refractivity contribution is 7.99. The zero-order valence-corrected chi connectivity index (χ0v) is 15.7. The third kappa shape index (κ3) is 10.6. The summed E-state index contributed by atoms with van der Waals surface area (Å²) < 4.78 is 31.7. The Bertz CT molecular complexity index is 407. The summed E-state index contributed by atoms with van der Waals surface area (Å²) >= 11 is 1.90. The first-order valence-electron chi connectivity index (χ1n) is 8.54. The summed E-state index contributed by atoms with van der Waals surface area (Å²) in [4.78, 5) is 23.1. The maximum atomic E-state index is 12.2. The molecule has 0 aromatic carbocycles. The van der Waals surface area contributed by atoms with Gasteiger partial charge in [0, 0.05) is 30.8 Å². The molecule has 1 aliphatic heterocycles. The van der Waals surface area contributed by atoms with E-state index in [1.54, 1.807) is 0 Å². The molecular weight excluding hydrogens is 357 g/mol. The van der Waals surface area contributed by atoms with E-state index in [0.29, 0.717) is 12.3 Å². The highest BCUT2D eigenvalue weighted by Gasteiger charge is 2.38. The van der Waals surface area contributed by atoms with Gasteiger partial charge in [0.05, 0.1) is 0 Å². The molecule has 0 aliphatic carbocycles. The lowest BCUT2D eigenvalue weighted by Crippen LogP contribution is -2.51. The number of unbranched alkanes of at least 4 members (excludes halogenated alkanes) is 1. The van der Waals surface area contributed by atoms with Crippen LogP contribution in [0.3, 0.4) is 0 Å². The van der Waals surface area contributed by atoms with Gasteiger partial charge >= 0.3 is 12.1 Å². The molecule has 1 rings (SSSR count). The van der Waals surface area contributed by atoms with Crippen molar-refractivity contribution in [2.45, 2.75) is 70.6 Å². The number of rotatable bonds is 7. The molecule has 0 bridgehead atoms. The zero-order chi connectivity index (χ0) is 19.5. The van der Waals surface area contributed by atoms with Crippen molar-refractivity contribution in [3.63, 3.8) is 0 Å². The normalized spacial score (nSPS) is 19.0. The molecule has 148 valence electrons. The van der Waals surface area contributed by atoms with Crippen molar-refractivity contribution in [1.29, 1.82) is 0 Å². The average Bonchev–Trinajstić information content (AvgIpc) is 2.54. The number of amides is 1. The summed E-state index contributed by atoms with van der Waals surface area (Å²) in [5, 5.41) is 7.12. The fourth-order valence-electron chi connectivity index (χ4n) is 2.47. The first kappa shape index (κ1) is 24.0. The molecule has 0 saturated carbocycles. The van der Waals surface area contributed by atoms with E-state index in [2.05, 4.69) is 6.92 Å². The van der Waals surface area contributed by atoms with E-state index in [9.17, 15) is 18.0 Å². The van der Waals surface area contributed by atoms with Crippen LogP contribution in [-0.4, -0.2) is 58.2 Å². The number of alkyl halides is 3. The average molecular weight is 386 g/mol. The molecular formula is C16H29F3N2O3S. The van der Waals surface area contributed by atoms with Crippen molar-refractivity contribution in [3.05, 3.63) is 0 Å². The number of carboxylic acid groups (broad SMARTS) is 1. The van der Waals surface area contributed by atoms with Crippen LogP contribution < -0.4 is 5.73 Å². The van der Waals surface area contributed by atoms with Crippen LogP contribution in [0.25, 0.3) is 0 Å². The van der Waals surface area contributed by atoms with Crippen LogP contribution in [0.1, 0.15) is 52.4 Å². The minimum absolute atomic E-state index is 0.0991. The van der Waals surface area contributed by atoms with Gasteiger partial charge in [-0.2, -0.15) is 24.9 Å². The SMILES string of the molecule is CCCCSCCC(=O)N1CCCCC1C(C)N.O=C(O)C(F)(F)F. The lowest BCUT2D eigenvalue weighted by Gasteiger charge is -2.38. The van der Waals surface area contributed by atoms with Crippen molar-refractivity contribution in [1.82, 2.24) is 4.90 Å². The highest BCUT2D eigenvalue weighted by atomic mass is 32.2. The Morgan fingerprint density at radius 3 is 2.40 bits per heavy atom. The van der Waals surface area contributed by atoms with E-state index in [-0.39, 0.29) is 12.1 Å². The number of nitrogens with two attached hydrogens (primary N) is 1. The lowest BCUT2D eigenvalue weighted by molar-refractivity contribution is -0.192. The molecule has 3 N–H and O–H groups in total. The second-order valence-corrected chi connectivity index (χ2v) is 7.25. The van der Waals surface area contributed by atoms with Crippen molar-refractivity contribution in [3.8, 4) is 0 Å². The van der Waals surface area contributed by atoms with Gasteiger partial charge in [-0.3, -0.25) is 4.79 Å². The molecule has 5 nitrogen and oxygen atoms in total. The topological polar surface area (TPSA) is 83.6 Å². The van der Waals surface area contributed by atoms with Crippen molar-refractivity contribution >= 4 is 23.6 Å². The third-order valence-electron chi connectivity index (χ3n) is 3.82. The number of carboxylic acids is 1. The van der Waals surface area contributed by atoms with Crippen LogP contribution in [0.15, 0.2) is 0 Å². The van der Waals surface area contributed by atoms with Gasteiger partial charge < -0.3 is 15.7 Å². The Hall–Kier alpha value is -0.960. The van der Waals surface area contributed by atoms with E-state index in [1.165, 1.54) is 25.0 Å². The first-order chi connectivity index (χ1) is 11.6. The summed E-state index contributed by atoms with van der Waals surface area (Å²) in [5.41, 5.74) is 5.99. The van der Waals surface area contributed by atoms with Crippen LogP contribution in [0.4, 0.5) is 13.2 Å². The second-order valence-electron chi connectivity index (χ2n) is 6.03. The lowest BCUT2D eigenvalue weighted by atomic mass is 9.96. The largest absolute Gasteiger partial charge is 0.490 e. The molecule has 9 heteroatoms. The predicted octanol–water partition coefficient (Wildman–Crippen LogP) is 3.27. The van der Waals surface area contributed by atoms with E-state index >= 15 is 0 Å². The van der Waals surface area contributed by atoms with Gasteiger partial charge in [-0.1, -0.05) is 13.3 Å². The standard InChI is InChI=1S/C14H28N2OS.C2HF3O2/c1-3-4-10-18-11-8-14(17)16-9-6-5-7-13(16)12(2)15;3-2(4,5)1(6)7/h12-13H,3-11,15H2,1-2H3;(H,6,7). The maximum Gasteiger partial charge on any atom is 0.490 e. The van der Waals surface area contributed by atoms with Gasteiger partial charge in [0.25, 0.3) is 0 Å². The Morgan fingerprint density at radius 1 is 1.32 bits per heavy atom. The van der Waals surface area contributed by atoms with Crippen LogP contribution in [0, 0.1) is 0 Å². The van der Waals surface area contributed by atoms with Crippen LogP contribution in [0.5, 0.6) is 0 Å². The molecule has 1 saturated heterocycles. The van der Waals surface area contributed by atoms with Crippen LogP contribution in [-0.2, 0) is 9.59 Å². The highest BCUT2D eigenvalue weighted by Crippen LogP contribution is 2.20. The smallest absolute Gasteiger partial charge is 0.475 e. The first-order valence-corrected chi connectivity index (χ1v) is 9.69. The molecule has 0 aromatic heterocycles. The fourth-order valence-corrected chi connectivity index (χ4v) is 3.48. The quantitative estimate of drug-likeness (QED) is 0.656. The number of likely N-dealkylation sites (tertiary alicyclic amines) is 1. The van der Waals surface area contributed by atoms with Crippen molar-refractivity contribution < 1.29 is 27.9 Å². The molecule has 1 amide bonds. The predicted molar refractivity (Wildman–Crippen MR) is 93.5 cm³/mol. The maximum absolute atomic E-state index is 12.2. The molecule has 1 fully saturated rings. The molecule has 0 aromatic rings. The minimum atomic E-state index is -5.08. The van der Waals surface area contributed by atoms with Crippen LogP contribution in [0.2, 0.25) is 0 Å². The Labute approximate surface area is 151 Å². The summed E-state index contributed by atoms with van der Waals surface area (Å²) in [7, 11) is 0. The molecule has 2 unspecified atom stereocenters.